The molecular formula is C13H17FO4. The monoisotopic (exact) mass is 256 g/mol. The molecule has 0 fully saturated rings. The molecule has 1 unspecified atom stereocenters. The highest BCUT2D eigenvalue weighted by molar-refractivity contribution is 5.57. The van der Waals surface area contributed by atoms with Gasteiger partial charge in [-0.2, -0.15) is 4.39 Å². The van der Waals surface area contributed by atoms with Gasteiger partial charge in [0, 0.05) is 12.0 Å². The molecule has 0 spiro atoms. The fraction of sp³-hybridized carbons (Fsp3) is 0.462. The van der Waals surface area contributed by atoms with Crippen LogP contribution in [0.3, 0.4) is 0 Å². The third kappa shape index (κ3) is 2.55. The molecule has 0 aliphatic rings. The first-order valence-electron chi connectivity index (χ1n) is 5.52. The Hall–Kier alpha value is -1.78. The highest BCUT2D eigenvalue weighted by atomic mass is 19.1. The van der Waals surface area contributed by atoms with Crippen LogP contribution in [0.4, 0.5) is 4.39 Å². The summed E-state index contributed by atoms with van der Waals surface area (Å²) in [6.45, 7) is 1.82. The number of benzene rings is 1. The second-order valence-corrected chi connectivity index (χ2v) is 3.85. The van der Waals surface area contributed by atoms with Gasteiger partial charge in [-0.15, -0.1) is 0 Å². The van der Waals surface area contributed by atoms with Crippen molar-refractivity contribution in [1.29, 1.82) is 0 Å². The highest BCUT2D eigenvalue weighted by Crippen LogP contribution is 2.42. The van der Waals surface area contributed by atoms with Crippen molar-refractivity contribution < 1.29 is 23.4 Å². The molecule has 5 heteroatoms. The fourth-order valence-electron chi connectivity index (χ4n) is 1.80. The van der Waals surface area contributed by atoms with Crippen LogP contribution in [-0.2, 0) is 4.79 Å². The van der Waals surface area contributed by atoms with Crippen LogP contribution >= 0.6 is 0 Å². The lowest BCUT2D eigenvalue weighted by molar-refractivity contribution is -0.108. The summed E-state index contributed by atoms with van der Waals surface area (Å²) in [5, 5.41) is 0. The zero-order valence-electron chi connectivity index (χ0n) is 11.0. The SMILES string of the molecule is COc1cc(C(C)CC=O)c(OC)c(F)c1OC. The van der Waals surface area contributed by atoms with Gasteiger partial charge in [0.1, 0.15) is 6.29 Å². The Kier molecular flexibility index (Phi) is 4.95. The van der Waals surface area contributed by atoms with Crippen molar-refractivity contribution in [1.82, 2.24) is 0 Å². The van der Waals surface area contributed by atoms with Gasteiger partial charge in [0.2, 0.25) is 11.6 Å². The maximum absolute atomic E-state index is 14.2. The molecule has 0 saturated heterocycles. The standard InChI is InChI=1S/C13H17FO4/c1-8(5-6-15)9-7-10(16-2)13(18-4)11(14)12(9)17-3/h6-8H,5H2,1-4H3. The largest absolute Gasteiger partial charge is 0.493 e. The molecular weight excluding hydrogens is 239 g/mol. The van der Waals surface area contributed by atoms with E-state index in [0.29, 0.717) is 5.56 Å². The second-order valence-electron chi connectivity index (χ2n) is 3.85. The molecule has 18 heavy (non-hydrogen) atoms. The Morgan fingerprint density at radius 3 is 2.28 bits per heavy atom. The minimum absolute atomic E-state index is 0.00333. The number of carbonyl (C=O) groups is 1. The minimum Gasteiger partial charge on any atom is -0.493 e. The molecule has 0 amide bonds. The quantitative estimate of drug-likeness (QED) is 0.734. The molecule has 0 aliphatic heterocycles. The number of hydrogen-bond donors (Lipinski definition) is 0. The third-order valence-electron chi connectivity index (χ3n) is 2.78. The van der Waals surface area contributed by atoms with Crippen LogP contribution in [0, 0.1) is 5.82 Å². The number of hydrogen-bond acceptors (Lipinski definition) is 4. The normalized spacial score (nSPS) is 11.8. The van der Waals surface area contributed by atoms with Crippen LogP contribution in [0.2, 0.25) is 0 Å². The summed E-state index contributed by atoms with van der Waals surface area (Å²) in [5.41, 5.74) is 0.583. The Morgan fingerprint density at radius 2 is 1.83 bits per heavy atom. The topological polar surface area (TPSA) is 44.8 Å². The summed E-state index contributed by atoms with van der Waals surface area (Å²) in [6.07, 6.45) is 1.07. The van der Waals surface area contributed by atoms with Crippen LogP contribution < -0.4 is 14.2 Å². The van der Waals surface area contributed by atoms with Crippen LogP contribution in [-0.4, -0.2) is 27.6 Å². The van der Waals surface area contributed by atoms with Gasteiger partial charge in [-0.3, -0.25) is 0 Å². The molecule has 0 bridgehead atoms. The van der Waals surface area contributed by atoms with Crippen molar-refractivity contribution in [2.75, 3.05) is 21.3 Å². The lowest BCUT2D eigenvalue weighted by Crippen LogP contribution is -2.04. The zero-order chi connectivity index (χ0) is 13.7. The molecule has 0 aromatic heterocycles. The average Bonchev–Trinajstić information content (AvgIpc) is 2.37. The number of ether oxygens (including phenoxy) is 3. The number of halogens is 1. The zero-order valence-corrected chi connectivity index (χ0v) is 11.0. The first-order chi connectivity index (χ1) is 8.60. The van der Waals surface area contributed by atoms with Crippen molar-refractivity contribution in [2.24, 2.45) is 0 Å². The number of carbonyl (C=O) groups excluding carboxylic acids is 1. The van der Waals surface area contributed by atoms with Gasteiger partial charge >= 0.3 is 0 Å². The van der Waals surface area contributed by atoms with Gasteiger partial charge in [0.15, 0.2) is 11.5 Å². The lowest BCUT2D eigenvalue weighted by atomic mass is 9.96. The first-order valence-corrected chi connectivity index (χ1v) is 5.52. The molecule has 1 rings (SSSR count). The van der Waals surface area contributed by atoms with Crippen molar-refractivity contribution in [3.05, 3.63) is 17.4 Å². The molecule has 0 N–H and O–H groups in total. The third-order valence-corrected chi connectivity index (χ3v) is 2.78. The van der Waals surface area contributed by atoms with E-state index < -0.39 is 5.82 Å². The van der Waals surface area contributed by atoms with E-state index >= 15 is 0 Å². The van der Waals surface area contributed by atoms with E-state index in [1.807, 2.05) is 6.92 Å². The summed E-state index contributed by atoms with van der Waals surface area (Å²) in [7, 11) is 4.16. The van der Waals surface area contributed by atoms with E-state index in [2.05, 4.69) is 0 Å². The number of methoxy groups -OCH3 is 3. The predicted octanol–water partition coefficient (Wildman–Crippen LogP) is 2.54. The molecule has 1 atom stereocenters. The van der Waals surface area contributed by atoms with E-state index in [-0.39, 0.29) is 29.6 Å². The summed E-state index contributed by atoms with van der Waals surface area (Å²) in [5.74, 6) is -0.416. The van der Waals surface area contributed by atoms with Crippen molar-refractivity contribution in [3.63, 3.8) is 0 Å². The molecule has 4 nitrogen and oxygen atoms in total. The predicted molar refractivity (Wildman–Crippen MR) is 65.2 cm³/mol. The van der Waals surface area contributed by atoms with E-state index in [4.69, 9.17) is 14.2 Å². The number of aldehydes is 1. The van der Waals surface area contributed by atoms with Gasteiger partial charge in [-0.25, -0.2) is 0 Å². The van der Waals surface area contributed by atoms with E-state index in [1.54, 1.807) is 6.07 Å². The van der Waals surface area contributed by atoms with Crippen molar-refractivity contribution >= 4 is 6.29 Å². The number of rotatable bonds is 6. The fourth-order valence-corrected chi connectivity index (χ4v) is 1.80. The molecule has 0 heterocycles. The molecule has 0 aliphatic carbocycles. The summed E-state index contributed by atoms with van der Waals surface area (Å²) < 4.78 is 29.3. The average molecular weight is 256 g/mol. The van der Waals surface area contributed by atoms with Crippen LogP contribution in [0.1, 0.15) is 24.8 Å². The van der Waals surface area contributed by atoms with Crippen molar-refractivity contribution in [2.45, 2.75) is 19.3 Å². The molecule has 1 aromatic carbocycles. The molecule has 100 valence electrons. The van der Waals surface area contributed by atoms with E-state index in [0.717, 1.165) is 6.29 Å². The maximum Gasteiger partial charge on any atom is 0.210 e. The smallest absolute Gasteiger partial charge is 0.210 e. The molecule has 0 saturated carbocycles. The van der Waals surface area contributed by atoms with E-state index in [9.17, 15) is 9.18 Å². The summed E-state index contributed by atoms with van der Waals surface area (Å²) >= 11 is 0. The maximum atomic E-state index is 14.2. The highest BCUT2D eigenvalue weighted by Gasteiger charge is 2.23. The Morgan fingerprint density at radius 1 is 1.22 bits per heavy atom. The van der Waals surface area contributed by atoms with Crippen LogP contribution in [0.15, 0.2) is 6.07 Å². The Bertz CT molecular complexity index is 431. The van der Waals surface area contributed by atoms with Crippen LogP contribution in [0.25, 0.3) is 0 Å². The van der Waals surface area contributed by atoms with Crippen molar-refractivity contribution in [3.8, 4) is 17.2 Å². The van der Waals surface area contributed by atoms with Gasteiger partial charge in [-0.1, -0.05) is 6.92 Å². The Labute approximate surface area is 106 Å². The Balaban J connectivity index is 3.41. The minimum atomic E-state index is -0.618. The molecule has 0 radical (unpaired) electrons. The van der Waals surface area contributed by atoms with Gasteiger partial charge in [0.25, 0.3) is 0 Å². The second kappa shape index (κ2) is 6.23. The molecule has 1 aromatic rings. The van der Waals surface area contributed by atoms with Crippen LogP contribution in [0.5, 0.6) is 17.2 Å². The van der Waals surface area contributed by atoms with E-state index in [1.165, 1.54) is 21.3 Å². The lowest BCUT2D eigenvalue weighted by Gasteiger charge is -2.18. The van der Waals surface area contributed by atoms with Gasteiger partial charge in [0.05, 0.1) is 21.3 Å². The summed E-state index contributed by atoms with van der Waals surface area (Å²) in [4.78, 5) is 10.6. The first kappa shape index (κ1) is 14.3. The van der Waals surface area contributed by atoms with Gasteiger partial charge in [-0.05, 0) is 12.0 Å². The summed E-state index contributed by atoms with van der Waals surface area (Å²) in [6, 6.07) is 1.63. The van der Waals surface area contributed by atoms with Gasteiger partial charge < -0.3 is 19.0 Å².